The van der Waals surface area contributed by atoms with Crippen molar-refractivity contribution in [2.45, 2.75) is 12.5 Å². The zero-order valence-electron chi connectivity index (χ0n) is 12.1. The van der Waals surface area contributed by atoms with Crippen LogP contribution in [0.4, 0.5) is 0 Å². The third-order valence-corrected chi connectivity index (χ3v) is 3.24. The third kappa shape index (κ3) is 4.05. The molecule has 0 aliphatic carbocycles. The molecule has 0 saturated carbocycles. The fourth-order valence-electron chi connectivity index (χ4n) is 2.05. The van der Waals surface area contributed by atoms with Gasteiger partial charge in [-0.15, -0.1) is 6.58 Å². The highest BCUT2D eigenvalue weighted by Crippen LogP contribution is 2.17. The summed E-state index contributed by atoms with van der Waals surface area (Å²) in [6.45, 7) is 3.74. The van der Waals surface area contributed by atoms with Gasteiger partial charge in [0.25, 0.3) is 5.91 Å². The van der Waals surface area contributed by atoms with E-state index in [9.17, 15) is 4.79 Å². The van der Waals surface area contributed by atoms with Gasteiger partial charge in [-0.2, -0.15) is 5.26 Å². The predicted molar refractivity (Wildman–Crippen MR) is 85.8 cm³/mol. The molecule has 0 heterocycles. The molecule has 1 unspecified atom stereocenters. The smallest absolute Gasteiger partial charge is 0.265 e. The lowest BCUT2D eigenvalue weighted by molar-refractivity contribution is 0.0925. The van der Waals surface area contributed by atoms with Crippen molar-refractivity contribution in [1.82, 2.24) is 10.9 Å². The van der Waals surface area contributed by atoms with Crippen molar-refractivity contribution in [3.63, 3.8) is 0 Å². The third-order valence-electron chi connectivity index (χ3n) is 3.24. The molecular formula is C18H17N3O. The number of nitrogens with one attached hydrogen (secondary N) is 2. The molecule has 2 rings (SSSR count). The maximum atomic E-state index is 12.0. The number of hydrogen-bond acceptors (Lipinski definition) is 3. The lowest BCUT2D eigenvalue weighted by Gasteiger charge is -2.18. The first-order valence-electron chi connectivity index (χ1n) is 6.96. The number of nitriles is 1. The van der Waals surface area contributed by atoms with E-state index in [2.05, 4.69) is 23.5 Å². The maximum Gasteiger partial charge on any atom is 0.265 e. The van der Waals surface area contributed by atoms with E-state index in [1.54, 1.807) is 30.3 Å². The highest BCUT2D eigenvalue weighted by atomic mass is 16.2. The van der Waals surface area contributed by atoms with Gasteiger partial charge in [-0.25, -0.2) is 5.43 Å². The van der Waals surface area contributed by atoms with Gasteiger partial charge in [0, 0.05) is 5.56 Å². The topological polar surface area (TPSA) is 64.9 Å². The summed E-state index contributed by atoms with van der Waals surface area (Å²) >= 11 is 0. The Morgan fingerprint density at radius 3 is 2.45 bits per heavy atom. The molecule has 0 saturated heterocycles. The number of benzene rings is 2. The molecule has 1 atom stereocenters. The van der Waals surface area contributed by atoms with Crippen LogP contribution in [0, 0.1) is 11.3 Å². The second-order valence-corrected chi connectivity index (χ2v) is 4.78. The van der Waals surface area contributed by atoms with Crippen LogP contribution in [-0.4, -0.2) is 5.91 Å². The first-order valence-corrected chi connectivity index (χ1v) is 6.96. The van der Waals surface area contributed by atoms with Crippen LogP contribution in [0.2, 0.25) is 0 Å². The van der Waals surface area contributed by atoms with Crippen LogP contribution < -0.4 is 10.9 Å². The molecule has 110 valence electrons. The Hall–Kier alpha value is -2.90. The summed E-state index contributed by atoms with van der Waals surface area (Å²) in [5.74, 6) is -0.191. The molecular weight excluding hydrogens is 274 g/mol. The lowest BCUT2D eigenvalue weighted by Crippen LogP contribution is -2.39. The van der Waals surface area contributed by atoms with Crippen molar-refractivity contribution in [1.29, 1.82) is 5.26 Å². The van der Waals surface area contributed by atoms with E-state index in [1.807, 2.05) is 30.3 Å². The Morgan fingerprint density at radius 2 is 1.86 bits per heavy atom. The molecule has 0 fully saturated rings. The molecule has 22 heavy (non-hydrogen) atoms. The quantitative estimate of drug-likeness (QED) is 0.635. The van der Waals surface area contributed by atoms with Crippen LogP contribution in [0.15, 0.2) is 67.3 Å². The molecule has 0 aliphatic rings. The van der Waals surface area contributed by atoms with Gasteiger partial charge >= 0.3 is 0 Å². The molecule has 2 aromatic carbocycles. The Balaban J connectivity index is 2.04. The Bertz CT molecular complexity index is 672. The van der Waals surface area contributed by atoms with Crippen molar-refractivity contribution >= 4 is 5.91 Å². The monoisotopic (exact) mass is 291 g/mol. The first-order chi connectivity index (χ1) is 10.7. The Morgan fingerprint density at radius 1 is 1.18 bits per heavy atom. The lowest BCUT2D eigenvalue weighted by atomic mass is 10.0. The molecule has 4 heteroatoms. The molecule has 0 radical (unpaired) electrons. The van der Waals surface area contributed by atoms with Gasteiger partial charge in [0.05, 0.1) is 17.7 Å². The van der Waals surface area contributed by atoms with Crippen molar-refractivity contribution in [2.75, 3.05) is 0 Å². The number of rotatable bonds is 6. The SMILES string of the molecule is C=CCC(NNC(=O)c1ccccc1)c1ccc(C#N)cc1. The van der Waals surface area contributed by atoms with Gasteiger partial charge < -0.3 is 0 Å². The number of nitrogens with zero attached hydrogens (tertiary/aromatic N) is 1. The van der Waals surface area contributed by atoms with Gasteiger partial charge in [-0.05, 0) is 36.2 Å². The zero-order chi connectivity index (χ0) is 15.8. The highest BCUT2D eigenvalue weighted by Gasteiger charge is 2.11. The van der Waals surface area contributed by atoms with E-state index in [0.717, 1.165) is 5.56 Å². The van der Waals surface area contributed by atoms with Crippen molar-refractivity contribution < 1.29 is 4.79 Å². The average Bonchev–Trinajstić information content (AvgIpc) is 2.59. The highest BCUT2D eigenvalue weighted by molar-refractivity contribution is 5.93. The van der Waals surface area contributed by atoms with Crippen LogP contribution in [0.25, 0.3) is 0 Å². The molecule has 0 spiro atoms. The second-order valence-electron chi connectivity index (χ2n) is 4.78. The number of carbonyl (C=O) groups is 1. The normalized spacial score (nSPS) is 11.2. The van der Waals surface area contributed by atoms with Crippen molar-refractivity contribution in [3.05, 3.63) is 83.9 Å². The molecule has 1 amide bonds. The van der Waals surface area contributed by atoms with E-state index in [-0.39, 0.29) is 11.9 Å². The summed E-state index contributed by atoms with van der Waals surface area (Å²) in [6, 6.07) is 18.2. The standard InChI is InChI=1S/C18H17N3O/c1-2-6-17(15-11-9-14(13-19)10-12-15)20-21-18(22)16-7-4-3-5-8-16/h2-5,7-12,17,20H,1,6H2,(H,21,22). The van der Waals surface area contributed by atoms with E-state index in [4.69, 9.17) is 5.26 Å². The summed E-state index contributed by atoms with van der Waals surface area (Å²) in [5.41, 5.74) is 7.90. The van der Waals surface area contributed by atoms with Gasteiger partial charge in [0.15, 0.2) is 0 Å². The Kier molecular flexibility index (Phi) is 5.47. The van der Waals surface area contributed by atoms with E-state index < -0.39 is 0 Å². The summed E-state index contributed by atoms with van der Waals surface area (Å²) in [7, 11) is 0. The summed E-state index contributed by atoms with van der Waals surface area (Å²) in [4.78, 5) is 12.0. The van der Waals surface area contributed by atoms with Crippen molar-refractivity contribution in [3.8, 4) is 6.07 Å². The van der Waals surface area contributed by atoms with Gasteiger partial charge in [0.2, 0.25) is 0 Å². The number of carbonyl (C=O) groups excluding carboxylic acids is 1. The van der Waals surface area contributed by atoms with E-state index >= 15 is 0 Å². The number of amides is 1. The van der Waals surface area contributed by atoms with E-state index in [0.29, 0.717) is 17.5 Å². The summed E-state index contributed by atoms with van der Waals surface area (Å²) in [5, 5.41) is 8.83. The average molecular weight is 291 g/mol. The van der Waals surface area contributed by atoms with Gasteiger partial charge in [-0.1, -0.05) is 36.4 Å². The molecule has 2 N–H and O–H groups in total. The van der Waals surface area contributed by atoms with Crippen LogP contribution in [0.5, 0.6) is 0 Å². The summed E-state index contributed by atoms with van der Waals surface area (Å²) in [6.07, 6.45) is 2.44. The fraction of sp³-hybridized carbons (Fsp3) is 0.111. The largest absolute Gasteiger partial charge is 0.287 e. The van der Waals surface area contributed by atoms with Gasteiger partial charge in [-0.3, -0.25) is 10.2 Å². The molecule has 0 aliphatic heterocycles. The molecule has 0 bridgehead atoms. The van der Waals surface area contributed by atoms with Crippen molar-refractivity contribution in [2.24, 2.45) is 0 Å². The minimum Gasteiger partial charge on any atom is -0.287 e. The maximum absolute atomic E-state index is 12.0. The summed E-state index contributed by atoms with van der Waals surface area (Å²) < 4.78 is 0. The zero-order valence-corrected chi connectivity index (χ0v) is 12.1. The molecule has 0 aromatic heterocycles. The Labute approximate surface area is 130 Å². The van der Waals surface area contributed by atoms with Crippen LogP contribution >= 0.6 is 0 Å². The fourth-order valence-corrected chi connectivity index (χ4v) is 2.05. The van der Waals surface area contributed by atoms with Crippen LogP contribution in [0.1, 0.15) is 33.9 Å². The van der Waals surface area contributed by atoms with Gasteiger partial charge in [0.1, 0.15) is 0 Å². The minimum absolute atomic E-state index is 0.0992. The molecule has 4 nitrogen and oxygen atoms in total. The van der Waals surface area contributed by atoms with Crippen LogP contribution in [-0.2, 0) is 0 Å². The minimum atomic E-state index is -0.191. The number of hydrogen-bond donors (Lipinski definition) is 2. The number of hydrazine groups is 1. The molecule has 2 aromatic rings. The predicted octanol–water partition coefficient (Wildman–Crippen LogP) is 3.11. The first kappa shape index (κ1) is 15.5. The van der Waals surface area contributed by atoms with Crippen LogP contribution in [0.3, 0.4) is 0 Å². The van der Waals surface area contributed by atoms with E-state index in [1.165, 1.54) is 0 Å². The second kappa shape index (κ2) is 7.77.